The van der Waals surface area contributed by atoms with Gasteiger partial charge in [-0.1, -0.05) is 12.8 Å². The van der Waals surface area contributed by atoms with Gasteiger partial charge in [0.1, 0.15) is 0 Å². The lowest BCUT2D eigenvalue weighted by Gasteiger charge is -2.32. The first kappa shape index (κ1) is 13.5. The van der Waals surface area contributed by atoms with Gasteiger partial charge in [-0.2, -0.15) is 5.10 Å². The van der Waals surface area contributed by atoms with Gasteiger partial charge < -0.3 is 10.6 Å². The van der Waals surface area contributed by atoms with Crippen LogP contribution in [0.5, 0.6) is 0 Å². The molecule has 110 valence electrons. The van der Waals surface area contributed by atoms with E-state index < -0.39 is 0 Å². The number of amides is 1. The molecular formula is C15H24N4O. The Morgan fingerprint density at radius 1 is 1.25 bits per heavy atom. The number of likely N-dealkylation sites (tertiary alicyclic amines) is 1. The van der Waals surface area contributed by atoms with Crippen molar-refractivity contribution in [1.29, 1.82) is 0 Å². The lowest BCUT2D eigenvalue weighted by atomic mass is 10.0. The van der Waals surface area contributed by atoms with Crippen molar-refractivity contribution in [2.24, 2.45) is 0 Å². The Labute approximate surface area is 120 Å². The smallest absolute Gasteiger partial charge is 0.276 e. The van der Waals surface area contributed by atoms with Crippen molar-refractivity contribution in [3.8, 4) is 0 Å². The second kappa shape index (κ2) is 5.46. The summed E-state index contributed by atoms with van der Waals surface area (Å²) in [7, 11) is 0. The molecule has 1 aromatic heterocycles. The monoisotopic (exact) mass is 276 g/mol. The lowest BCUT2D eigenvalue weighted by molar-refractivity contribution is 0.0629. The first-order valence-corrected chi connectivity index (χ1v) is 7.82. The molecule has 0 bridgehead atoms. The molecule has 3 rings (SSSR count). The predicted molar refractivity (Wildman–Crippen MR) is 78.5 cm³/mol. The third-order valence-corrected chi connectivity index (χ3v) is 4.73. The quantitative estimate of drug-likeness (QED) is 0.903. The van der Waals surface area contributed by atoms with Crippen molar-refractivity contribution >= 4 is 11.6 Å². The average molecular weight is 276 g/mol. The van der Waals surface area contributed by atoms with Gasteiger partial charge >= 0.3 is 0 Å². The summed E-state index contributed by atoms with van der Waals surface area (Å²) < 4.78 is 1.92. The number of aromatic nitrogens is 2. The highest BCUT2D eigenvalue weighted by molar-refractivity contribution is 5.97. The molecule has 20 heavy (non-hydrogen) atoms. The number of carbonyl (C=O) groups excluding carboxylic acids is 1. The van der Waals surface area contributed by atoms with Gasteiger partial charge in [0.15, 0.2) is 5.69 Å². The minimum atomic E-state index is 0.00597. The first-order chi connectivity index (χ1) is 9.66. The largest absolute Gasteiger partial charge is 0.396 e. The highest BCUT2D eigenvalue weighted by Crippen LogP contribution is 2.30. The Morgan fingerprint density at radius 2 is 1.95 bits per heavy atom. The maximum Gasteiger partial charge on any atom is 0.276 e. The Bertz CT molecular complexity index is 490. The summed E-state index contributed by atoms with van der Waals surface area (Å²) in [5, 5.41) is 4.50. The maximum absolute atomic E-state index is 12.6. The van der Waals surface area contributed by atoms with Gasteiger partial charge in [0.2, 0.25) is 0 Å². The summed E-state index contributed by atoms with van der Waals surface area (Å²) in [6.07, 6.45) is 10.0. The van der Waals surface area contributed by atoms with Crippen molar-refractivity contribution in [2.75, 3.05) is 12.3 Å². The second-order valence-corrected chi connectivity index (χ2v) is 6.19. The van der Waals surface area contributed by atoms with Gasteiger partial charge in [0.25, 0.3) is 5.91 Å². The van der Waals surface area contributed by atoms with Crippen LogP contribution >= 0.6 is 0 Å². The molecule has 1 aromatic rings. The molecule has 1 amide bonds. The Balaban J connectivity index is 1.80. The summed E-state index contributed by atoms with van der Waals surface area (Å²) in [5.41, 5.74) is 7.01. The number of piperidine rings is 1. The van der Waals surface area contributed by atoms with Gasteiger partial charge in [-0.3, -0.25) is 9.48 Å². The molecule has 5 heteroatoms. The van der Waals surface area contributed by atoms with Crippen LogP contribution in [0.1, 0.15) is 68.4 Å². The van der Waals surface area contributed by atoms with Crippen LogP contribution < -0.4 is 5.73 Å². The van der Waals surface area contributed by atoms with Crippen LogP contribution in [0.25, 0.3) is 0 Å². The first-order valence-electron chi connectivity index (χ1n) is 7.82. The molecule has 0 radical (unpaired) electrons. The van der Waals surface area contributed by atoms with E-state index in [9.17, 15) is 4.79 Å². The van der Waals surface area contributed by atoms with Crippen molar-refractivity contribution in [3.63, 3.8) is 0 Å². The van der Waals surface area contributed by atoms with Crippen LogP contribution in [0.2, 0.25) is 0 Å². The molecule has 1 aliphatic heterocycles. The third-order valence-electron chi connectivity index (χ3n) is 4.73. The fourth-order valence-corrected chi connectivity index (χ4v) is 3.46. The number of hydrogen-bond acceptors (Lipinski definition) is 3. The summed E-state index contributed by atoms with van der Waals surface area (Å²) in [6, 6.07) is 0.727. The number of carbonyl (C=O) groups is 1. The molecular weight excluding hydrogens is 252 g/mol. The van der Waals surface area contributed by atoms with E-state index in [1.807, 2.05) is 15.8 Å². The summed E-state index contributed by atoms with van der Waals surface area (Å²) in [4.78, 5) is 14.6. The molecule has 1 aliphatic carbocycles. The van der Waals surface area contributed by atoms with Gasteiger partial charge in [0.05, 0.1) is 11.7 Å². The van der Waals surface area contributed by atoms with Gasteiger partial charge in [0, 0.05) is 18.8 Å². The topological polar surface area (TPSA) is 64.2 Å². The molecule has 1 unspecified atom stereocenters. The Hall–Kier alpha value is -1.52. The molecule has 2 aliphatic rings. The zero-order valence-corrected chi connectivity index (χ0v) is 12.2. The predicted octanol–water partition coefficient (Wildman–Crippen LogP) is 2.59. The minimum absolute atomic E-state index is 0.00597. The van der Waals surface area contributed by atoms with Crippen LogP contribution in [0.15, 0.2) is 6.20 Å². The van der Waals surface area contributed by atoms with Crippen molar-refractivity contribution in [2.45, 2.75) is 64.0 Å². The van der Waals surface area contributed by atoms with Crippen LogP contribution in [0.4, 0.5) is 5.69 Å². The number of rotatable bonds is 2. The number of nitrogens with zero attached hydrogens (tertiary/aromatic N) is 3. The average Bonchev–Trinajstić information content (AvgIpc) is 3.07. The number of nitrogen functional groups attached to an aromatic ring is 1. The number of nitrogens with two attached hydrogens (primary N) is 1. The molecule has 2 N–H and O–H groups in total. The maximum atomic E-state index is 12.6. The number of anilines is 1. The minimum Gasteiger partial charge on any atom is -0.396 e. The van der Waals surface area contributed by atoms with E-state index >= 15 is 0 Å². The molecule has 2 heterocycles. The van der Waals surface area contributed by atoms with E-state index in [1.54, 1.807) is 0 Å². The number of hydrogen-bond donors (Lipinski definition) is 1. The standard InChI is InChI=1S/C15H24N4O/c1-11-6-4-5-9-18(11)15(20)14-13(16)10-19(17-14)12-7-2-3-8-12/h10-12H,2-9,16H2,1H3. The normalized spacial score (nSPS) is 24.2. The van der Waals surface area contributed by atoms with Crippen LogP contribution in [-0.4, -0.2) is 33.2 Å². The lowest BCUT2D eigenvalue weighted by Crippen LogP contribution is -2.42. The Morgan fingerprint density at radius 3 is 2.65 bits per heavy atom. The molecule has 0 aromatic carbocycles. The summed E-state index contributed by atoms with van der Waals surface area (Å²) in [6.45, 7) is 2.94. The zero-order chi connectivity index (χ0) is 14.1. The van der Waals surface area contributed by atoms with E-state index in [-0.39, 0.29) is 5.91 Å². The van der Waals surface area contributed by atoms with Crippen molar-refractivity contribution in [1.82, 2.24) is 14.7 Å². The van der Waals surface area contributed by atoms with E-state index in [0.717, 1.165) is 32.2 Å². The molecule has 0 spiro atoms. The van der Waals surface area contributed by atoms with Crippen molar-refractivity contribution < 1.29 is 4.79 Å². The molecule has 1 saturated carbocycles. The summed E-state index contributed by atoms with van der Waals surface area (Å²) >= 11 is 0. The second-order valence-electron chi connectivity index (χ2n) is 6.19. The van der Waals surface area contributed by atoms with Gasteiger partial charge in [-0.15, -0.1) is 0 Å². The fraction of sp³-hybridized carbons (Fsp3) is 0.733. The Kier molecular flexibility index (Phi) is 3.68. The molecule has 5 nitrogen and oxygen atoms in total. The highest BCUT2D eigenvalue weighted by atomic mass is 16.2. The summed E-state index contributed by atoms with van der Waals surface area (Å²) in [5.74, 6) is 0.00597. The van der Waals surface area contributed by atoms with Crippen LogP contribution in [0, 0.1) is 0 Å². The molecule has 2 fully saturated rings. The zero-order valence-electron chi connectivity index (χ0n) is 12.2. The molecule has 1 saturated heterocycles. The molecule has 1 atom stereocenters. The van der Waals surface area contributed by atoms with Crippen LogP contribution in [-0.2, 0) is 0 Å². The van der Waals surface area contributed by atoms with Crippen molar-refractivity contribution in [3.05, 3.63) is 11.9 Å². The van der Waals surface area contributed by atoms with Crippen LogP contribution in [0.3, 0.4) is 0 Å². The van der Waals surface area contributed by atoms with Gasteiger partial charge in [-0.05, 0) is 39.0 Å². The van der Waals surface area contributed by atoms with Gasteiger partial charge in [-0.25, -0.2) is 0 Å². The third kappa shape index (κ3) is 2.41. The SMILES string of the molecule is CC1CCCCN1C(=O)c1nn(C2CCCC2)cc1N. The van der Waals surface area contributed by atoms with E-state index in [0.29, 0.717) is 23.5 Å². The highest BCUT2D eigenvalue weighted by Gasteiger charge is 2.28. The van der Waals surface area contributed by atoms with E-state index in [4.69, 9.17) is 5.73 Å². The van der Waals surface area contributed by atoms with E-state index in [1.165, 1.54) is 19.3 Å². The fourth-order valence-electron chi connectivity index (χ4n) is 3.46. The van der Waals surface area contributed by atoms with E-state index in [2.05, 4.69) is 12.0 Å².